The number of hydrogen-bond donors (Lipinski definition) is 0. The molecule has 0 saturated heterocycles. The molecule has 0 radical (unpaired) electrons. The Kier molecular flexibility index (Phi) is 2.72. The van der Waals surface area contributed by atoms with E-state index in [1.807, 2.05) is 0 Å². The minimum atomic E-state index is 0.454. The van der Waals surface area contributed by atoms with Gasteiger partial charge in [0.25, 0.3) is 0 Å². The van der Waals surface area contributed by atoms with Crippen molar-refractivity contribution in [3.05, 3.63) is 0 Å². The highest BCUT2D eigenvalue weighted by Crippen LogP contribution is 2.38. The molecule has 1 heteroatoms. The molecule has 0 aromatic rings. The van der Waals surface area contributed by atoms with Crippen molar-refractivity contribution < 1.29 is 4.74 Å². The van der Waals surface area contributed by atoms with Gasteiger partial charge in [-0.25, -0.2) is 0 Å². The number of ether oxygens (including phenoxy) is 1. The van der Waals surface area contributed by atoms with Crippen molar-refractivity contribution in [1.29, 1.82) is 0 Å². The van der Waals surface area contributed by atoms with Crippen LogP contribution in [0.2, 0.25) is 0 Å². The average Bonchev–Trinajstić information content (AvgIpc) is 2.68. The summed E-state index contributed by atoms with van der Waals surface area (Å²) in [6, 6.07) is 0. The second kappa shape index (κ2) is 3.38. The van der Waals surface area contributed by atoms with E-state index in [0.29, 0.717) is 6.10 Å². The quantitative estimate of drug-likeness (QED) is 0.586. The predicted octanol–water partition coefficient (Wildman–Crippen LogP) is 2.46. The standard InChI is InChI=1S/C9H18O/c1-7(9-4-5-9)6-8(2)10-3/h7-9H,4-6H2,1-3H3. The maximum atomic E-state index is 5.20. The monoisotopic (exact) mass is 142 g/mol. The summed E-state index contributed by atoms with van der Waals surface area (Å²) in [5.41, 5.74) is 0. The molecule has 0 spiro atoms. The SMILES string of the molecule is COC(C)CC(C)C1CC1. The first-order chi connectivity index (χ1) is 4.74. The van der Waals surface area contributed by atoms with Gasteiger partial charge in [-0.05, 0) is 38.0 Å². The van der Waals surface area contributed by atoms with Crippen LogP contribution in [0.3, 0.4) is 0 Å². The maximum absolute atomic E-state index is 5.20. The molecule has 0 aromatic heterocycles. The van der Waals surface area contributed by atoms with E-state index in [4.69, 9.17) is 4.74 Å². The van der Waals surface area contributed by atoms with Gasteiger partial charge in [0.15, 0.2) is 0 Å². The smallest absolute Gasteiger partial charge is 0.0545 e. The number of hydrogen-bond acceptors (Lipinski definition) is 1. The molecule has 0 aromatic carbocycles. The Morgan fingerprint density at radius 2 is 2.00 bits per heavy atom. The fourth-order valence-corrected chi connectivity index (χ4v) is 1.48. The van der Waals surface area contributed by atoms with E-state index in [1.54, 1.807) is 7.11 Å². The Labute approximate surface area is 63.8 Å². The highest BCUT2D eigenvalue weighted by Gasteiger charge is 2.28. The van der Waals surface area contributed by atoms with Gasteiger partial charge in [0, 0.05) is 7.11 Å². The van der Waals surface area contributed by atoms with Crippen LogP contribution in [0.25, 0.3) is 0 Å². The summed E-state index contributed by atoms with van der Waals surface area (Å²) < 4.78 is 5.20. The van der Waals surface area contributed by atoms with E-state index >= 15 is 0 Å². The third-order valence-electron chi connectivity index (χ3n) is 2.53. The summed E-state index contributed by atoms with van der Waals surface area (Å²) in [4.78, 5) is 0. The minimum absolute atomic E-state index is 0.454. The lowest BCUT2D eigenvalue weighted by molar-refractivity contribution is 0.0942. The molecular formula is C9H18O. The lowest BCUT2D eigenvalue weighted by Crippen LogP contribution is -2.11. The van der Waals surface area contributed by atoms with Crippen molar-refractivity contribution in [2.75, 3.05) is 7.11 Å². The van der Waals surface area contributed by atoms with Crippen LogP contribution in [0, 0.1) is 11.8 Å². The van der Waals surface area contributed by atoms with Gasteiger partial charge in [-0.2, -0.15) is 0 Å². The van der Waals surface area contributed by atoms with E-state index in [2.05, 4.69) is 13.8 Å². The zero-order valence-electron chi connectivity index (χ0n) is 7.26. The molecule has 60 valence electrons. The zero-order chi connectivity index (χ0) is 7.56. The Bertz CT molecular complexity index is 96.9. The molecule has 0 bridgehead atoms. The van der Waals surface area contributed by atoms with E-state index in [0.717, 1.165) is 11.8 Å². The number of methoxy groups -OCH3 is 1. The van der Waals surface area contributed by atoms with Crippen LogP contribution in [0.1, 0.15) is 33.1 Å². The summed E-state index contributed by atoms with van der Waals surface area (Å²) in [6.07, 6.45) is 4.60. The van der Waals surface area contributed by atoms with E-state index < -0.39 is 0 Å². The molecule has 1 saturated carbocycles. The molecule has 1 fully saturated rings. The topological polar surface area (TPSA) is 9.23 Å². The van der Waals surface area contributed by atoms with Crippen molar-refractivity contribution in [3.8, 4) is 0 Å². The molecule has 10 heavy (non-hydrogen) atoms. The fraction of sp³-hybridized carbons (Fsp3) is 1.00. The van der Waals surface area contributed by atoms with Crippen LogP contribution in [-0.4, -0.2) is 13.2 Å². The van der Waals surface area contributed by atoms with Gasteiger partial charge >= 0.3 is 0 Å². The van der Waals surface area contributed by atoms with E-state index in [1.165, 1.54) is 19.3 Å². The third kappa shape index (κ3) is 2.30. The Balaban J connectivity index is 2.10. The Morgan fingerprint density at radius 1 is 1.40 bits per heavy atom. The van der Waals surface area contributed by atoms with Crippen molar-refractivity contribution in [2.24, 2.45) is 11.8 Å². The third-order valence-corrected chi connectivity index (χ3v) is 2.53. The van der Waals surface area contributed by atoms with Crippen LogP contribution < -0.4 is 0 Å². The molecule has 2 atom stereocenters. The van der Waals surface area contributed by atoms with E-state index in [9.17, 15) is 0 Å². The van der Waals surface area contributed by atoms with Crippen LogP contribution >= 0.6 is 0 Å². The van der Waals surface area contributed by atoms with Crippen molar-refractivity contribution in [3.63, 3.8) is 0 Å². The molecule has 0 aliphatic heterocycles. The van der Waals surface area contributed by atoms with Crippen LogP contribution in [0.4, 0.5) is 0 Å². The average molecular weight is 142 g/mol. The lowest BCUT2D eigenvalue weighted by atomic mass is 9.99. The van der Waals surface area contributed by atoms with Gasteiger partial charge in [-0.1, -0.05) is 6.92 Å². The first-order valence-corrected chi connectivity index (χ1v) is 4.26. The van der Waals surface area contributed by atoms with Gasteiger partial charge < -0.3 is 4.74 Å². The Hall–Kier alpha value is -0.0400. The molecule has 2 unspecified atom stereocenters. The summed E-state index contributed by atoms with van der Waals surface area (Å²) in [6.45, 7) is 4.49. The van der Waals surface area contributed by atoms with Gasteiger partial charge in [0.2, 0.25) is 0 Å². The van der Waals surface area contributed by atoms with E-state index in [-0.39, 0.29) is 0 Å². The highest BCUT2D eigenvalue weighted by molar-refractivity contribution is 4.79. The normalized spacial score (nSPS) is 24.3. The first kappa shape index (κ1) is 8.06. The maximum Gasteiger partial charge on any atom is 0.0545 e. The van der Waals surface area contributed by atoms with Crippen molar-refractivity contribution in [1.82, 2.24) is 0 Å². The minimum Gasteiger partial charge on any atom is -0.382 e. The predicted molar refractivity (Wildman–Crippen MR) is 43.0 cm³/mol. The molecule has 0 heterocycles. The highest BCUT2D eigenvalue weighted by atomic mass is 16.5. The van der Waals surface area contributed by atoms with Gasteiger partial charge in [-0.3, -0.25) is 0 Å². The lowest BCUT2D eigenvalue weighted by Gasteiger charge is -2.14. The molecule has 1 aliphatic carbocycles. The van der Waals surface area contributed by atoms with Crippen LogP contribution in [0.15, 0.2) is 0 Å². The van der Waals surface area contributed by atoms with Crippen molar-refractivity contribution >= 4 is 0 Å². The summed E-state index contributed by atoms with van der Waals surface area (Å²) in [5.74, 6) is 1.91. The van der Waals surface area contributed by atoms with Gasteiger partial charge in [0.1, 0.15) is 0 Å². The Morgan fingerprint density at radius 3 is 2.40 bits per heavy atom. The first-order valence-electron chi connectivity index (χ1n) is 4.26. The van der Waals surface area contributed by atoms with Gasteiger partial charge in [0.05, 0.1) is 6.10 Å². The summed E-state index contributed by atoms with van der Waals surface area (Å²) in [7, 11) is 1.80. The van der Waals surface area contributed by atoms with Crippen molar-refractivity contribution in [2.45, 2.75) is 39.2 Å². The summed E-state index contributed by atoms with van der Waals surface area (Å²) >= 11 is 0. The molecule has 1 nitrogen and oxygen atoms in total. The molecular weight excluding hydrogens is 124 g/mol. The summed E-state index contributed by atoms with van der Waals surface area (Å²) in [5, 5.41) is 0. The molecule has 1 rings (SSSR count). The fourth-order valence-electron chi connectivity index (χ4n) is 1.48. The largest absolute Gasteiger partial charge is 0.382 e. The molecule has 0 amide bonds. The zero-order valence-corrected chi connectivity index (χ0v) is 7.26. The molecule has 1 aliphatic rings. The second-order valence-electron chi connectivity index (χ2n) is 3.60. The van der Waals surface area contributed by atoms with Crippen LogP contribution in [-0.2, 0) is 4.74 Å². The molecule has 0 N–H and O–H groups in total. The van der Waals surface area contributed by atoms with Crippen LogP contribution in [0.5, 0.6) is 0 Å². The van der Waals surface area contributed by atoms with Gasteiger partial charge in [-0.15, -0.1) is 0 Å². The number of rotatable bonds is 4. The second-order valence-corrected chi connectivity index (χ2v) is 3.60.